The van der Waals surface area contributed by atoms with E-state index in [0.29, 0.717) is 19.2 Å². The average Bonchev–Trinajstić information content (AvgIpc) is 2.67. The van der Waals surface area contributed by atoms with E-state index in [0.717, 1.165) is 37.4 Å². The minimum atomic E-state index is -0.0551. The molecule has 1 aromatic carbocycles. The van der Waals surface area contributed by atoms with Crippen LogP contribution in [0.3, 0.4) is 0 Å². The fourth-order valence-corrected chi connectivity index (χ4v) is 3.25. The van der Waals surface area contributed by atoms with E-state index < -0.39 is 0 Å². The molecule has 1 saturated carbocycles. The molecule has 1 aliphatic carbocycles. The van der Waals surface area contributed by atoms with Gasteiger partial charge in [0.25, 0.3) is 0 Å². The molecule has 0 aliphatic heterocycles. The summed E-state index contributed by atoms with van der Waals surface area (Å²) in [6.07, 6.45) is 3.63. The fourth-order valence-electron chi connectivity index (χ4n) is 3.25. The number of benzene rings is 1. The zero-order valence-corrected chi connectivity index (χ0v) is 17.0. The lowest BCUT2D eigenvalue weighted by Gasteiger charge is -2.29. The maximum Gasteiger partial charge on any atom is 0.308 e. The Hall–Kier alpha value is -2.24. The van der Waals surface area contributed by atoms with Crippen molar-refractivity contribution in [1.29, 1.82) is 0 Å². The van der Waals surface area contributed by atoms with E-state index >= 15 is 0 Å². The number of hydrogen-bond acceptors (Lipinski definition) is 4. The number of nitrogens with one attached hydrogen (secondary N) is 2. The summed E-state index contributed by atoms with van der Waals surface area (Å²) in [6, 6.07) is 8.39. The minimum Gasteiger partial charge on any atom is -0.489 e. The Bertz CT molecular complexity index is 608. The van der Waals surface area contributed by atoms with Crippen LogP contribution in [-0.2, 0) is 9.53 Å². The molecule has 1 unspecified atom stereocenters. The van der Waals surface area contributed by atoms with Crippen LogP contribution in [0.15, 0.2) is 29.3 Å². The molecular formula is C21H33N3O3. The topological polar surface area (TPSA) is 72.0 Å². The fraction of sp³-hybridized carbons (Fsp3) is 0.619. The molecule has 0 saturated heterocycles. The predicted molar refractivity (Wildman–Crippen MR) is 108 cm³/mol. The highest BCUT2D eigenvalue weighted by atomic mass is 16.5. The van der Waals surface area contributed by atoms with Gasteiger partial charge in [0.05, 0.1) is 19.1 Å². The quantitative estimate of drug-likeness (QED) is 0.435. The Morgan fingerprint density at radius 2 is 1.89 bits per heavy atom. The van der Waals surface area contributed by atoms with E-state index in [1.54, 1.807) is 7.05 Å². The van der Waals surface area contributed by atoms with Crippen molar-refractivity contribution in [1.82, 2.24) is 10.6 Å². The number of ether oxygens (including phenoxy) is 2. The first-order valence-electron chi connectivity index (χ1n) is 9.89. The van der Waals surface area contributed by atoms with Crippen LogP contribution in [0.2, 0.25) is 0 Å². The minimum absolute atomic E-state index is 0.0193. The lowest BCUT2D eigenvalue weighted by Crippen LogP contribution is -2.47. The van der Waals surface area contributed by atoms with Gasteiger partial charge in [0.2, 0.25) is 0 Å². The van der Waals surface area contributed by atoms with Gasteiger partial charge in [0, 0.05) is 13.1 Å². The van der Waals surface area contributed by atoms with Crippen LogP contribution in [-0.4, -0.2) is 44.3 Å². The maximum absolute atomic E-state index is 11.8. The second-order valence-electron chi connectivity index (χ2n) is 7.14. The van der Waals surface area contributed by atoms with Gasteiger partial charge in [-0.3, -0.25) is 9.79 Å². The molecule has 2 rings (SSSR count). The normalized spacial score (nSPS) is 21.3. The molecule has 1 fully saturated rings. The molecule has 1 aromatic rings. The lowest BCUT2D eigenvalue weighted by atomic mass is 9.86. The van der Waals surface area contributed by atoms with Crippen LogP contribution in [0.25, 0.3) is 0 Å². The number of hydrogen-bond donors (Lipinski definition) is 2. The first kappa shape index (κ1) is 21.1. The number of aryl methyl sites for hydroxylation is 1. The molecule has 0 heterocycles. The van der Waals surface area contributed by atoms with Crippen LogP contribution in [0.5, 0.6) is 5.75 Å². The maximum atomic E-state index is 11.8. The molecule has 27 heavy (non-hydrogen) atoms. The summed E-state index contributed by atoms with van der Waals surface area (Å²) >= 11 is 0. The van der Waals surface area contributed by atoms with Crippen LogP contribution in [0, 0.1) is 12.8 Å². The number of nitrogens with zero attached hydrogens (tertiary/aromatic N) is 1. The van der Waals surface area contributed by atoms with Crippen LogP contribution in [0.4, 0.5) is 0 Å². The van der Waals surface area contributed by atoms with Crippen molar-refractivity contribution in [2.24, 2.45) is 10.9 Å². The molecule has 2 N–H and O–H groups in total. The Kier molecular flexibility index (Phi) is 8.43. The molecule has 0 amide bonds. The first-order valence-corrected chi connectivity index (χ1v) is 9.89. The van der Waals surface area contributed by atoms with Crippen molar-refractivity contribution < 1.29 is 14.3 Å². The van der Waals surface area contributed by atoms with Crippen molar-refractivity contribution in [3.05, 3.63) is 29.8 Å². The average molecular weight is 376 g/mol. The highest BCUT2D eigenvalue weighted by Crippen LogP contribution is 2.25. The van der Waals surface area contributed by atoms with Crippen molar-refractivity contribution in [2.75, 3.05) is 20.2 Å². The monoisotopic (exact) mass is 375 g/mol. The molecule has 150 valence electrons. The van der Waals surface area contributed by atoms with Crippen molar-refractivity contribution in [2.45, 2.75) is 58.6 Å². The van der Waals surface area contributed by atoms with Crippen LogP contribution < -0.4 is 15.4 Å². The van der Waals surface area contributed by atoms with Gasteiger partial charge in [-0.15, -0.1) is 0 Å². The number of carbonyl (C=O) groups is 1. The zero-order valence-electron chi connectivity index (χ0n) is 17.0. The number of carbonyl (C=O) groups excluding carboxylic acids is 1. The highest BCUT2D eigenvalue weighted by molar-refractivity contribution is 5.80. The van der Waals surface area contributed by atoms with Gasteiger partial charge in [0.1, 0.15) is 11.9 Å². The summed E-state index contributed by atoms with van der Waals surface area (Å²) < 4.78 is 11.1. The van der Waals surface area contributed by atoms with Crippen LogP contribution >= 0.6 is 0 Å². The summed E-state index contributed by atoms with van der Waals surface area (Å²) in [5.41, 5.74) is 1.22. The molecule has 1 atom stereocenters. The standard InChI is InChI=1S/C21H33N3O3/c1-5-26-20(25)17-8-10-18(11-9-17)24-21(22-4)23-14-16(3)27-19-12-6-15(2)7-13-19/h6-7,12-13,16-18H,5,8-11,14H2,1-4H3,(H2,22,23,24). The van der Waals surface area contributed by atoms with Gasteiger partial charge >= 0.3 is 5.97 Å². The van der Waals surface area contributed by atoms with E-state index in [-0.39, 0.29) is 18.0 Å². The van der Waals surface area contributed by atoms with E-state index in [4.69, 9.17) is 9.47 Å². The summed E-state index contributed by atoms with van der Waals surface area (Å²) in [6.45, 7) is 7.06. The Balaban J connectivity index is 1.71. The zero-order chi connectivity index (χ0) is 19.6. The van der Waals surface area contributed by atoms with Crippen molar-refractivity contribution >= 4 is 11.9 Å². The number of esters is 1. The van der Waals surface area contributed by atoms with E-state index in [1.165, 1.54) is 5.56 Å². The van der Waals surface area contributed by atoms with Gasteiger partial charge in [-0.2, -0.15) is 0 Å². The largest absolute Gasteiger partial charge is 0.489 e. The summed E-state index contributed by atoms with van der Waals surface area (Å²) in [5, 5.41) is 6.78. The highest BCUT2D eigenvalue weighted by Gasteiger charge is 2.27. The van der Waals surface area contributed by atoms with Crippen molar-refractivity contribution in [3.8, 4) is 5.75 Å². The predicted octanol–water partition coefficient (Wildman–Crippen LogP) is 3.05. The Labute approximate surface area is 162 Å². The van der Waals surface area contributed by atoms with Gasteiger partial charge in [-0.1, -0.05) is 17.7 Å². The number of rotatable bonds is 7. The van der Waals surface area contributed by atoms with Crippen LogP contribution in [0.1, 0.15) is 45.1 Å². The molecular weight excluding hydrogens is 342 g/mol. The third kappa shape index (κ3) is 7.12. The smallest absolute Gasteiger partial charge is 0.308 e. The summed E-state index contributed by atoms with van der Waals surface area (Å²) in [7, 11) is 1.77. The summed E-state index contributed by atoms with van der Waals surface area (Å²) in [5.74, 6) is 1.63. The van der Waals surface area contributed by atoms with Crippen molar-refractivity contribution in [3.63, 3.8) is 0 Å². The number of guanidine groups is 1. The Morgan fingerprint density at radius 1 is 1.22 bits per heavy atom. The third-order valence-corrected chi connectivity index (χ3v) is 4.83. The molecule has 6 heteroatoms. The molecule has 0 aromatic heterocycles. The third-order valence-electron chi connectivity index (χ3n) is 4.83. The second kappa shape index (κ2) is 10.8. The second-order valence-corrected chi connectivity index (χ2v) is 7.14. The first-order chi connectivity index (χ1) is 13.0. The molecule has 0 bridgehead atoms. The van der Waals surface area contributed by atoms with E-state index in [1.807, 2.05) is 38.1 Å². The molecule has 6 nitrogen and oxygen atoms in total. The summed E-state index contributed by atoms with van der Waals surface area (Å²) in [4.78, 5) is 16.1. The van der Waals surface area contributed by atoms with Gasteiger partial charge < -0.3 is 20.1 Å². The molecule has 1 aliphatic rings. The lowest BCUT2D eigenvalue weighted by molar-refractivity contribution is -0.149. The van der Waals surface area contributed by atoms with E-state index in [9.17, 15) is 4.79 Å². The molecule has 0 spiro atoms. The SMILES string of the molecule is CCOC(=O)C1CCC(NC(=NC)NCC(C)Oc2ccc(C)cc2)CC1. The number of aliphatic imine (C=N–C) groups is 1. The Morgan fingerprint density at radius 3 is 2.48 bits per heavy atom. The molecule has 0 radical (unpaired) electrons. The van der Waals surface area contributed by atoms with Gasteiger partial charge in [0.15, 0.2) is 5.96 Å². The van der Waals surface area contributed by atoms with E-state index in [2.05, 4.69) is 22.5 Å². The van der Waals surface area contributed by atoms with Gasteiger partial charge in [-0.25, -0.2) is 0 Å². The van der Waals surface area contributed by atoms with Gasteiger partial charge in [-0.05, 0) is 58.6 Å².